The Morgan fingerprint density at radius 3 is 2.79 bits per heavy atom. The highest BCUT2D eigenvalue weighted by Crippen LogP contribution is 2.22. The van der Waals surface area contributed by atoms with Crippen molar-refractivity contribution in [1.82, 2.24) is 5.32 Å². The first-order chi connectivity index (χ1) is 8.84. The largest absolute Gasteiger partial charge is 0.409 e. The number of oxime groups is 1. The van der Waals surface area contributed by atoms with Crippen molar-refractivity contribution in [2.45, 2.75) is 25.8 Å². The summed E-state index contributed by atoms with van der Waals surface area (Å²) in [6.45, 7) is 3.50. The number of rotatable bonds is 4. The third kappa shape index (κ3) is 3.61. The fraction of sp³-hybridized carbons (Fsp3) is 0.333. The van der Waals surface area contributed by atoms with Crippen molar-refractivity contribution in [2.75, 3.05) is 0 Å². The normalized spacial score (nSPS) is 14.8. The molecule has 0 heterocycles. The average Bonchev–Trinajstić information content (AvgIpc) is 2.40. The van der Waals surface area contributed by atoms with Crippen molar-refractivity contribution in [3.63, 3.8) is 0 Å². The number of carbonyl (C=O) groups is 1. The second kappa shape index (κ2) is 6.25. The zero-order valence-electron chi connectivity index (χ0n) is 10.6. The van der Waals surface area contributed by atoms with Gasteiger partial charge < -0.3 is 16.3 Å². The molecule has 1 unspecified atom stereocenters. The molecular weight excluding hydrogens is 334 g/mol. The highest BCUT2D eigenvalue weighted by atomic mass is 79.9. The maximum atomic E-state index is 12.2. The summed E-state index contributed by atoms with van der Waals surface area (Å²) in [5.74, 6) is -0.410. The number of hydrogen-bond donors (Lipinski definition) is 3. The molecule has 1 amide bonds. The summed E-state index contributed by atoms with van der Waals surface area (Å²) >= 11 is 9.15. The molecule has 1 aromatic rings. The molecule has 1 rings (SSSR count). The summed E-state index contributed by atoms with van der Waals surface area (Å²) in [4.78, 5) is 12.2. The van der Waals surface area contributed by atoms with Gasteiger partial charge in [0.2, 0.25) is 0 Å². The number of halogens is 2. The molecule has 19 heavy (non-hydrogen) atoms. The molecule has 1 atom stereocenters. The smallest absolute Gasteiger partial charge is 0.253 e. The second-order valence-corrected chi connectivity index (χ2v) is 5.54. The van der Waals surface area contributed by atoms with Crippen LogP contribution in [0.3, 0.4) is 0 Å². The molecule has 0 saturated carbocycles. The Morgan fingerprint density at radius 2 is 2.26 bits per heavy atom. The summed E-state index contributed by atoms with van der Waals surface area (Å²) in [5, 5.41) is 14.9. The van der Waals surface area contributed by atoms with E-state index in [1.54, 1.807) is 25.1 Å². The van der Waals surface area contributed by atoms with E-state index in [0.29, 0.717) is 21.5 Å². The maximum absolute atomic E-state index is 12.2. The SMILES string of the molecule is CCC(C)(NC(=O)c1cc(Cl)ccc1Br)/C(N)=N/O. The molecule has 5 nitrogen and oxygen atoms in total. The first kappa shape index (κ1) is 15.8. The van der Waals surface area contributed by atoms with Gasteiger partial charge in [0.25, 0.3) is 5.91 Å². The third-order valence-corrected chi connectivity index (χ3v) is 3.87. The van der Waals surface area contributed by atoms with Crippen molar-refractivity contribution in [2.24, 2.45) is 10.9 Å². The Morgan fingerprint density at radius 1 is 1.63 bits per heavy atom. The monoisotopic (exact) mass is 347 g/mol. The first-order valence-electron chi connectivity index (χ1n) is 5.59. The minimum atomic E-state index is -0.923. The predicted molar refractivity (Wildman–Crippen MR) is 78.7 cm³/mol. The summed E-state index contributed by atoms with van der Waals surface area (Å²) in [6.07, 6.45) is 0.479. The van der Waals surface area contributed by atoms with Crippen molar-refractivity contribution < 1.29 is 10.0 Å². The van der Waals surface area contributed by atoms with Gasteiger partial charge in [0.15, 0.2) is 5.84 Å². The Balaban J connectivity index is 3.05. The van der Waals surface area contributed by atoms with E-state index in [9.17, 15) is 4.79 Å². The van der Waals surface area contributed by atoms with Crippen LogP contribution < -0.4 is 11.1 Å². The molecule has 0 saturated heterocycles. The van der Waals surface area contributed by atoms with E-state index in [2.05, 4.69) is 26.4 Å². The molecule has 0 aliphatic rings. The lowest BCUT2D eigenvalue weighted by atomic mass is 9.97. The van der Waals surface area contributed by atoms with Crippen LogP contribution in [0.2, 0.25) is 5.02 Å². The van der Waals surface area contributed by atoms with E-state index in [1.807, 2.05) is 6.92 Å². The number of amides is 1. The standard InChI is InChI=1S/C12H15BrClN3O2/c1-3-12(2,11(15)17-19)16-10(18)8-6-7(14)4-5-9(8)13/h4-6,19H,3H2,1-2H3,(H2,15,17)(H,16,18). The molecule has 0 aliphatic heterocycles. The van der Waals surface area contributed by atoms with E-state index < -0.39 is 5.54 Å². The lowest BCUT2D eigenvalue weighted by molar-refractivity contribution is 0.0924. The predicted octanol–water partition coefficient (Wildman–Crippen LogP) is 2.75. The van der Waals surface area contributed by atoms with Gasteiger partial charge in [-0.05, 0) is 47.5 Å². The zero-order valence-corrected chi connectivity index (χ0v) is 12.9. The minimum absolute atomic E-state index is 0.0542. The molecule has 0 bridgehead atoms. The van der Waals surface area contributed by atoms with E-state index >= 15 is 0 Å². The maximum Gasteiger partial charge on any atom is 0.253 e. The van der Waals surface area contributed by atoms with Gasteiger partial charge in [-0.25, -0.2) is 0 Å². The molecular formula is C12H15BrClN3O2. The van der Waals surface area contributed by atoms with Crippen LogP contribution in [0.4, 0.5) is 0 Å². The molecule has 4 N–H and O–H groups in total. The van der Waals surface area contributed by atoms with Crippen molar-refractivity contribution in [3.05, 3.63) is 33.3 Å². The molecule has 0 aromatic heterocycles. The number of nitrogens with two attached hydrogens (primary N) is 1. The number of nitrogens with zero attached hydrogens (tertiary/aromatic N) is 1. The van der Waals surface area contributed by atoms with Gasteiger partial charge in [0.05, 0.1) is 11.1 Å². The van der Waals surface area contributed by atoms with Gasteiger partial charge in [-0.15, -0.1) is 0 Å². The van der Waals surface area contributed by atoms with Gasteiger partial charge in [0, 0.05) is 9.50 Å². The number of hydrogen-bond acceptors (Lipinski definition) is 3. The van der Waals surface area contributed by atoms with E-state index in [1.165, 1.54) is 0 Å². The topological polar surface area (TPSA) is 87.7 Å². The van der Waals surface area contributed by atoms with Gasteiger partial charge in [-0.1, -0.05) is 23.7 Å². The quantitative estimate of drug-likeness (QED) is 0.338. The average molecular weight is 349 g/mol. The van der Waals surface area contributed by atoms with Crippen molar-refractivity contribution in [1.29, 1.82) is 0 Å². The van der Waals surface area contributed by atoms with Crippen LogP contribution in [0.15, 0.2) is 27.8 Å². The first-order valence-corrected chi connectivity index (χ1v) is 6.76. The second-order valence-electron chi connectivity index (χ2n) is 4.25. The van der Waals surface area contributed by atoms with E-state index in [-0.39, 0.29) is 11.7 Å². The van der Waals surface area contributed by atoms with Crippen molar-refractivity contribution in [3.8, 4) is 0 Å². The molecule has 104 valence electrons. The van der Waals surface area contributed by atoms with E-state index in [4.69, 9.17) is 22.5 Å². The highest BCUT2D eigenvalue weighted by molar-refractivity contribution is 9.10. The zero-order chi connectivity index (χ0) is 14.6. The summed E-state index contributed by atoms with van der Waals surface area (Å²) in [5.41, 5.74) is 5.07. The fourth-order valence-electron chi connectivity index (χ4n) is 1.43. The Hall–Kier alpha value is -1.27. The number of carbonyl (C=O) groups excluding carboxylic acids is 1. The molecule has 1 aromatic carbocycles. The van der Waals surface area contributed by atoms with Crippen LogP contribution in [-0.2, 0) is 0 Å². The number of nitrogens with one attached hydrogen (secondary N) is 1. The van der Waals surface area contributed by atoms with Crippen molar-refractivity contribution >= 4 is 39.3 Å². The lowest BCUT2D eigenvalue weighted by Gasteiger charge is -2.28. The van der Waals surface area contributed by atoms with Crippen LogP contribution >= 0.6 is 27.5 Å². The van der Waals surface area contributed by atoms with Crippen LogP contribution in [0.1, 0.15) is 30.6 Å². The molecule has 7 heteroatoms. The Labute approximate surface area is 124 Å². The molecule has 0 fully saturated rings. The highest BCUT2D eigenvalue weighted by Gasteiger charge is 2.30. The van der Waals surface area contributed by atoms with Crippen LogP contribution in [0, 0.1) is 0 Å². The third-order valence-electron chi connectivity index (χ3n) is 2.94. The summed E-state index contributed by atoms with van der Waals surface area (Å²) < 4.78 is 0.618. The van der Waals surface area contributed by atoms with Gasteiger partial charge >= 0.3 is 0 Å². The Bertz CT molecular complexity index is 522. The number of benzene rings is 1. The molecule has 0 aliphatic carbocycles. The van der Waals surface area contributed by atoms with Gasteiger partial charge in [0.1, 0.15) is 0 Å². The fourth-order valence-corrected chi connectivity index (χ4v) is 2.03. The Kier molecular flexibility index (Phi) is 5.20. The minimum Gasteiger partial charge on any atom is -0.409 e. The van der Waals surface area contributed by atoms with Gasteiger partial charge in [-0.2, -0.15) is 0 Å². The van der Waals surface area contributed by atoms with Crippen LogP contribution in [-0.4, -0.2) is 22.5 Å². The number of amidine groups is 1. The molecule has 0 spiro atoms. The summed E-state index contributed by atoms with van der Waals surface area (Å²) in [7, 11) is 0. The van der Waals surface area contributed by atoms with Crippen LogP contribution in [0.5, 0.6) is 0 Å². The van der Waals surface area contributed by atoms with E-state index in [0.717, 1.165) is 0 Å². The van der Waals surface area contributed by atoms with Gasteiger partial charge in [-0.3, -0.25) is 4.79 Å². The summed E-state index contributed by atoms with van der Waals surface area (Å²) in [6, 6.07) is 4.90. The molecule has 0 radical (unpaired) electrons. The van der Waals surface area contributed by atoms with Crippen LogP contribution in [0.25, 0.3) is 0 Å². The lowest BCUT2D eigenvalue weighted by Crippen LogP contribution is -2.55.